The molecule has 0 fully saturated rings. The molecule has 2 aromatic carbocycles. The van der Waals surface area contributed by atoms with Crippen LogP contribution < -0.4 is 14.8 Å². The third-order valence-electron chi connectivity index (χ3n) is 2.99. The van der Waals surface area contributed by atoms with Crippen LogP contribution in [0.3, 0.4) is 0 Å². The van der Waals surface area contributed by atoms with E-state index in [1.54, 1.807) is 0 Å². The van der Waals surface area contributed by atoms with Gasteiger partial charge in [0.25, 0.3) is 0 Å². The maximum atomic E-state index is 6.18. The quantitative estimate of drug-likeness (QED) is 0.750. The van der Waals surface area contributed by atoms with Crippen LogP contribution in [0.1, 0.15) is 12.0 Å². The molecule has 2 aromatic rings. The van der Waals surface area contributed by atoms with Crippen molar-refractivity contribution in [2.75, 3.05) is 20.3 Å². The molecule has 0 bridgehead atoms. The average molecular weight is 306 g/mol. The van der Waals surface area contributed by atoms with Gasteiger partial charge in [0.15, 0.2) is 0 Å². The van der Waals surface area contributed by atoms with Gasteiger partial charge in [-0.25, -0.2) is 0 Å². The number of halogens is 1. The minimum atomic E-state index is 0.601. The number of rotatable bonds is 8. The molecule has 3 nitrogen and oxygen atoms in total. The minimum Gasteiger partial charge on any atom is -0.493 e. The molecule has 0 saturated carbocycles. The van der Waals surface area contributed by atoms with E-state index in [9.17, 15) is 0 Å². The molecule has 2 rings (SSSR count). The van der Waals surface area contributed by atoms with Crippen LogP contribution in [0.15, 0.2) is 48.5 Å². The molecule has 21 heavy (non-hydrogen) atoms. The van der Waals surface area contributed by atoms with Crippen molar-refractivity contribution in [2.45, 2.75) is 13.0 Å². The van der Waals surface area contributed by atoms with Gasteiger partial charge >= 0.3 is 0 Å². The number of hydrogen-bond acceptors (Lipinski definition) is 3. The second kappa shape index (κ2) is 8.55. The molecule has 0 amide bonds. The van der Waals surface area contributed by atoms with Gasteiger partial charge in [-0.15, -0.1) is 0 Å². The number of ether oxygens (including phenoxy) is 2. The van der Waals surface area contributed by atoms with E-state index in [0.717, 1.165) is 28.5 Å². The van der Waals surface area contributed by atoms with Crippen LogP contribution in [0.5, 0.6) is 11.5 Å². The normalized spacial score (nSPS) is 10.4. The first-order valence-corrected chi connectivity index (χ1v) is 7.41. The summed E-state index contributed by atoms with van der Waals surface area (Å²) in [4.78, 5) is 0. The first-order chi connectivity index (χ1) is 10.3. The van der Waals surface area contributed by atoms with Crippen molar-refractivity contribution in [1.29, 1.82) is 0 Å². The van der Waals surface area contributed by atoms with E-state index in [0.29, 0.717) is 19.8 Å². The number of benzene rings is 2. The summed E-state index contributed by atoms with van der Waals surface area (Å²) in [5, 5.41) is 3.82. The number of para-hydroxylation sites is 1. The Morgan fingerprint density at radius 1 is 0.952 bits per heavy atom. The molecule has 4 heteroatoms. The second-order valence-electron chi connectivity index (χ2n) is 4.61. The van der Waals surface area contributed by atoms with Crippen molar-refractivity contribution in [3.8, 4) is 11.5 Å². The Hall–Kier alpha value is -1.71. The van der Waals surface area contributed by atoms with Gasteiger partial charge in [-0.3, -0.25) is 0 Å². The molecular formula is C17H20ClNO2. The van der Waals surface area contributed by atoms with Crippen LogP contribution in [-0.2, 0) is 6.54 Å². The molecule has 1 N–H and O–H groups in total. The molecule has 0 aliphatic rings. The zero-order valence-corrected chi connectivity index (χ0v) is 12.9. The smallest absolute Gasteiger partial charge is 0.125 e. The Kier molecular flexibility index (Phi) is 6.38. The van der Waals surface area contributed by atoms with Gasteiger partial charge in [0.2, 0.25) is 0 Å². The van der Waals surface area contributed by atoms with Crippen molar-refractivity contribution in [3.63, 3.8) is 0 Å². The van der Waals surface area contributed by atoms with Gasteiger partial charge in [0.1, 0.15) is 11.5 Å². The predicted molar refractivity (Wildman–Crippen MR) is 86.3 cm³/mol. The fourth-order valence-electron chi connectivity index (χ4n) is 1.97. The van der Waals surface area contributed by atoms with Gasteiger partial charge in [-0.2, -0.15) is 0 Å². The maximum absolute atomic E-state index is 6.18. The third kappa shape index (κ3) is 4.96. The summed E-state index contributed by atoms with van der Waals surface area (Å²) in [5.74, 6) is 1.72. The summed E-state index contributed by atoms with van der Waals surface area (Å²) >= 11 is 6.18. The second-order valence-corrected chi connectivity index (χ2v) is 5.02. The SMILES string of the molecule is CNCc1c(Cl)cccc1OCCCOc1ccccc1. The lowest BCUT2D eigenvalue weighted by Gasteiger charge is -2.13. The molecule has 0 unspecified atom stereocenters. The zero-order chi connectivity index (χ0) is 14.9. The van der Waals surface area contributed by atoms with Crippen LogP contribution in [0.2, 0.25) is 5.02 Å². The van der Waals surface area contributed by atoms with Gasteiger partial charge in [-0.1, -0.05) is 35.9 Å². The first-order valence-electron chi connectivity index (χ1n) is 7.04. The Labute approximate surface area is 130 Å². The predicted octanol–water partition coefficient (Wildman–Crippen LogP) is 3.91. The van der Waals surface area contributed by atoms with Gasteiger partial charge < -0.3 is 14.8 Å². The minimum absolute atomic E-state index is 0.601. The highest BCUT2D eigenvalue weighted by atomic mass is 35.5. The lowest BCUT2D eigenvalue weighted by molar-refractivity contribution is 0.246. The highest BCUT2D eigenvalue weighted by molar-refractivity contribution is 6.31. The monoisotopic (exact) mass is 305 g/mol. The Morgan fingerprint density at radius 3 is 2.48 bits per heavy atom. The maximum Gasteiger partial charge on any atom is 0.125 e. The molecule has 0 spiro atoms. The van der Waals surface area contributed by atoms with E-state index in [1.165, 1.54) is 0 Å². The Bertz CT molecular complexity index is 546. The summed E-state index contributed by atoms with van der Waals surface area (Å²) in [6.45, 7) is 1.92. The van der Waals surface area contributed by atoms with Gasteiger partial charge in [0, 0.05) is 23.6 Å². The summed E-state index contributed by atoms with van der Waals surface area (Å²) in [7, 11) is 1.89. The Morgan fingerprint density at radius 2 is 1.71 bits per heavy atom. The van der Waals surface area contributed by atoms with Crippen molar-refractivity contribution in [3.05, 3.63) is 59.1 Å². The van der Waals surface area contributed by atoms with E-state index in [1.807, 2.05) is 55.6 Å². The average Bonchev–Trinajstić information content (AvgIpc) is 2.51. The van der Waals surface area contributed by atoms with Gasteiger partial charge in [0.05, 0.1) is 13.2 Å². The molecular weight excluding hydrogens is 286 g/mol. The summed E-state index contributed by atoms with van der Waals surface area (Å²) in [5.41, 5.74) is 0.991. The van der Waals surface area contributed by atoms with Crippen molar-refractivity contribution >= 4 is 11.6 Å². The lowest BCUT2D eigenvalue weighted by atomic mass is 10.2. The van der Waals surface area contributed by atoms with E-state index < -0.39 is 0 Å². The summed E-state index contributed by atoms with van der Waals surface area (Å²) in [6.07, 6.45) is 0.820. The first kappa shape index (κ1) is 15.7. The van der Waals surface area contributed by atoms with E-state index in [-0.39, 0.29) is 0 Å². The standard InChI is InChI=1S/C17H20ClNO2/c1-19-13-15-16(18)9-5-10-17(15)21-12-6-11-20-14-7-3-2-4-8-14/h2-5,7-10,19H,6,11-13H2,1H3. The van der Waals surface area contributed by atoms with E-state index in [4.69, 9.17) is 21.1 Å². The number of nitrogens with one attached hydrogen (secondary N) is 1. The van der Waals surface area contributed by atoms with Crippen LogP contribution >= 0.6 is 11.6 Å². The fraction of sp³-hybridized carbons (Fsp3) is 0.294. The fourth-order valence-corrected chi connectivity index (χ4v) is 2.20. The van der Waals surface area contributed by atoms with Crippen LogP contribution in [0, 0.1) is 0 Å². The highest BCUT2D eigenvalue weighted by Crippen LogP contribution is 2.26. The molecule has 0 aromatic heterocycles. The van der Waals surface area contributed by atoms with Crippen LogP contribution in [-0.4, -0.2) is 20.3 Å². The van der Waals surface area contributed by atoms with Crippen LogP contribution in [0.25, 0.3) is 0 Å². The van der Waals surface area contributed by atoms with Crippen molar-refractivity contribution < 1.29 is 9.47 Å². The largest absolute Gasteiger partial charge is 0.493 e. The van der Waals surface area contributed by atoms with Crippen LogP contribution in [0.4, 0.5) is 0 Å². The molecule has 0 saturated heterocycles. The summed E-state index contributed by atoms with van der Waals surface area (Å²) in [6, 6.07) is 15.5. The molecule has 0 aliphatic heterocycles. The molecule has 0 aliphatic carbocycles. The molecule has 0 heterocycles. The van der Waals surface area contributed by atoms with E-state index >= 15 is 0 Å². The molecule has 112 valence electrons. The van der Waals surface area contributed by atoms with E-state index in [2.05, 4.69) is 5.32 Å². The highest BCUT2D eigenvalue weighted by Gasteiger charge is 2.07. The molecule has 0 atom stereocenters. The van der Waals surface area contributed by atoms with Gasteiger partial charge in [-0.05, 0) is 31.3 Å². The number of hydrogen-bond donors (Lipinski definition) is 1. The topological polar surface area (TPSA) is 30.5 Å². The lowest BCUT2D eigenvalue weighted by Crippen LogP contribution is -2.10. The third-order valence-corrected chi connectivity index (χ3v) is 3.34. The Balaban J connectivity index is 1.77. The summed E-state index contributed by atoms with van der Waals surface area (Å²) < 4.78 is 11.4. The van der Waals surface area contributed by atoms with Crippen molar-refractivity contribution in [2.24, 2.45) is 0 Å². The molecule has 0 radical (unpaired) electrons. The van der Waals surface area contributed by atoms with Crippen molar-refractivity contribution in [1.82, 2.24) is 5.32 Å². The zero-order valence-electron chi connectivity index (χ0n) is 12.1.